The van der Waals surface area contributed by atoms with Crippen molar-refractivity contribution < 1.29 is 80.8 Å². The number of phosphoric acid groups is 2. The van der Waals surface area contributed by atoms with Crippen molar-refractivity contribution in [2.45, 2.75) is 49.1 Å². The summed E-state index contributed by atoms with van der Waals surface area (Å²) in [5.74, 6) is -0.397. The normalized spacial score (nSPS) is 27.9. The number of phosphoric ester groups is 2. The number of aliphatic hydroxyl groups is 4. The highest BCUT2D eigenvalue weighted by Crippen LogP contribution is 2.45. The zero-order valence-corrected chi connectivity index (χ0v) is 30.7. The lowest BCUT2D eigenvalue weighted by atomic mass is 10.1. The zero-order valence-electron chi connectivity index (χ0n) is 28.9. The highest BCUT2D eigenvalue weighted by Gasteiger charge is 2.49. The Bertz CT molecular complexity index is 2090. The molecule has 304 valence electrons. The molecule has 6 heterocycles. The van der Waals surface area contributed by atoms with Gasteiger partial charge in [-0.3, -0.25) is 46.8 Å². The third kappa shape index (κ3) is 8.65. The van der Waals surface area contributed by atoms with E-state index in [1.165, 1.54) is 30.9 Å². The number of aliphatic hydroxyl groups excluding tert-OH is 4. The minimum Gasteiger partial charge on any atom is -0.387 e. The van der Waals surface area contributed by atoms with Crippen LogP contribution in [0.3, 0.4) is 0 Å². The number of nitrogen functional groups attached to an aromatic ring is 2. The molecule has 29 heteroatoms. The number of aromatic amines is 2. The Morgan fingerprint density at radius 1 is 0.709 bits per heavy atom. The van der Waals surface area contributed by atoms with Crippen LogP contribution in [0.15, 0.2) is 22.2 Å². The standard InChI is InChI=1S/C26H38N10O17P2/c1-33-9-35(19-13(33)21(41)31-25(27)29-19)23-17(39)15(37)11(52-23)7-50-54(43,44)48-5-3-47-4-6-49-55(45,46)51-8-12-16(38)18(40)24(53-12)36-10-34(2)14-20(36)30-26(28)32-22(14)42/h9-12,15-18,23-24,37-40H,3-8H2,1-2H3,(H6-2,27,28,29,30,31,32,41,42,43,44,45,46)/p+2/t11-,12+,15+,16?,17?,18-,23-,24+/m0/s1. The van der Waals surface area contributed by atoms with Crippen molar-refractivity contribution >= 4 is 49.9 Å². The van der Waals surface area contributed by atoms with E-state index in [1.54, 1.807) is 14.1 Å². The highest BCUT2D eigenvalue weighted by molar-refractivity contribution is 7.47. The predicted molar refractivity (Wildman–Crippen MR) is 178 cm³/mol. The Hall–Kier alpha value is -3.76. The number of aryl methyl sites for hydroxylation is 2. The lowest BCUT2D eigenvalue weighted by molar-refractivity contribution is -0.746. The first-order valence-electron chi connectivity index (χ1n) is 16.2. The molecule has 0 bridgehead atoms. The van der Waals surface area contributed by atoms with Gasteiger partial charge >= 0.3 is 26.9 Å². The Morgan fingerprint density at radius 2 is 1.09 bits per heavy atom. The molecule has 6 rings (SSSR count). The van der Waals surface area contributed by atoms with Gasteiger partial charge in [0.25, 0.3) is 23.0 Å². The van der Waals surface area contributed by atoms with E-state index in [2.05, 4.69) is 19.9 Å². The molecule has 2 fully saturated rings. The van der Waals surface area contributed by atoms with E-state index < -0.39 is 102 Å². The Labute approximate surface area is 307 Å². The maximum Gasteiger partial charge on any atom is 0.472 e. The fraction of sp³-hybridized carbons (Fsp3) is 0.615. The number of nitrogens with zero attached hydrogens (tertiary/aromatic N) is 6. The number of aromatic nitrogens is 8. The van der Waals surface area contributed by atoms with Crippen LogP contribution in [0, 0.1) is 0 Å². The monoisotopic (exact) mass is 826 g/mol. The van der Waals surface area contributed by atoms with E-state index in [1.807, 2.05) is 0 Å². The van der Waals surface area contributed by atoms with Crippen LogP contribution < -0.4 is 31.7 Å². The van der Waals surface area contributed by atoms with Crippen LogP contribution in [0.2, 0.25) is 0 Å². The second-order valence-electron chi connectivity index (χ2n) is 12.4. The molecule has 0 aliphatic carbocycles. The number of imidazole rings is 2. The number of H-pyrrole nitrogens is 2. The van der Waals surface area contributed by atoms with E-state index in [0.29, 0.717) is 0 Å². The van der Waals surface area contributed by atoms with Crippen LogP contribution >= 0.6 is 15.6 Å². The number of ether oxygens (including phenoxy) is 3. The van der Waals surface area contributed by atoms with Gasteiger partial charge in [0.2, 0.25) is 23.5 Å². The summed E-state index contributed by atoms with van der Waals surface area (Å²) in [4.78, 5) is 57.6. The molecule has 4 aromatic rings. The minimum atomic E-state index is -4.73. The maximum atomic E-state index is 12.4. The fourth-order valence-electron chi connectivity index (χ4n) is 6.04. The van der Waals surface area contributed by atoms with E-state index in [4.69, 9.17) is 43.8 Å². The van der Waals surface area contributed by atoms with E-state index in [0.717, 1.165) is 0 Å². The van der Waals surface area contributed by atoms with Gasteiger partial charge in [-0.2, -0.15) is 0 Å². The summed E-state index contributed by atoms with van der Waals surface area (Å²) in [6, 6.07) is 0. The average molecular weight is 827 g/mol. The van der Waals surface area contributed by atoms with Crippen molar-refractivity contribution in [3.05, 3.63) is 33.4 Å². The molecule has 0 radical (unpaired) electrons. The smallest absolute Gasteiger partial charge is 0.387 e. The molecular formula is C26H40N10O17P2+2. The Kier molecular flexibility index (Phi) is 11.9. The molecule has 2 aliphatic rings. The number of nitrogens with two attached hydrogens (primary N) is 2. The van der Waals surface area contributed by atoms with Crippen LogP contribution in [-0.4, -0.2) is 136 Å². The highest BCUT2D eigenvalue weighted by atomic mass is 31.2. The molecule has 2 aliphatic heterocycles. The van der Waals surface area contributed by atoms with Crippen LogP contribution in [-0.2, 0) is 55.5 Å². The first-order valence-corrected chi connectivity index (χ1v) is 19.2. The molecular weight excluding hydrogens is 786 g/mol. The molecule has 12 N–H and O–H groups in total. The number of rotatable bonds is 16. The summed E-state index contributed by atoms with van der Waals surface area (Å²) in [7, 11) is -6.39. The van der Waals surface area contributed by atoms with Gasteiger partial charge in [-0.05, 0) is 0 Å². The summed E-state index contributed by atoms with van der Waals surface area (Å²) >= 11 is 0. The largest absolute Gasteiger partial charge is 0.472 e. The molecule has 10 atom stereocenters. The molecule has 27 nitrogen and oxygen atoms in total. The molecule has 0 spiro atoms. The van der Waals surface area contributed by atoms with Crippen molar-refractivity contribution in [3.63, 3.8) is 0 Å². The number of hydrogen-bond donors (Lipinski definition) is 10. The first kappa shape index (κ1) is 40.9. The lowest BCUT2D eigenvalue weighted by Crippen LogP contribution is -2.46. The molecule has 2 saturated heterocycles. The van der Waals surface area contributed by atoms with Gasteiger partial charge in [0, 0.05) is 0 Å². The third-order valence-electron chi connectivity index (χ3n) is 8.57. The molecule has 0 aromatic carbocycles. The summed E-state index contributed by atoms with van der Waals surface area (Å²) in [5.41, 5.74) is 10.5. The average Bonchev–Trinajstić information content (AvgIpc) is 3.79. The summed E-state index contributed by atoms with van der Waals surface area (Å²) in [6.45, 7) is -2.96. The van der Waals surface area contributed by atoms with Crippen molar-refractivity contribution in [2.24, 2.45) is 14.1 Å². The zero-order chi connectivity index (χ0) is 40.0. The lowest BCUT2D eigenvalue weighted by Gasteiger charge is -2.17. The second-order valence-corrected chi connectivity index (χ2v) is 15.3. The summed E-state index contributed by atoms with van der Waals surface area (Å²) in [6.07, 6.45) is -8.66. The number of anilines is 2. The van der Waals surface area contributed by atoms with Gasteiger partial charge in [-0.15, -0.1) is 0 Å². The summed E-state index contributed by atoms with van der Waals surface area (Å²) in [5, 5.41) is 42.3. The molecule has 4 unspecified atom stereocenters. The van der Waals surface area contributed by atoms with Crippen molar-refractivity contribution in [1.29, 1.82) is 0 Å². The molecule has 4 aromatic heterocycles. The molecule has 55 heavy (non-hydrogen) atoms. The Morgan fingerprint density at radius 3 is 1.47 bits per heavy atom. The van der Waals surface area contributed by atoms with Crippen LogP contribution in [0.25, 0.3) is 22.3 Å². The van der Waals surface area contributed by atoms with Crippen molar-refractivity contribution in [2.75, 3.05) is 51.1 Å². The third-order valence-corrected chi connectivity index (χ3v) is 10.5. The van der Waals surface area contributed by atoms with Crippen LogP contribution in [0.5, 0.6) is 0 Å². The van der Waals surface area contributed by atoms with Crippen molar-refractivity contribution in [3.8, 4) is 0 Å². The Balaban J connectivity index is 0.898. The van der Waals surface area contributed by atoms with Gasteiger partial charge in [-0.25, -0.2) is 18.3 Å². The van der Waals surface area contributed by atoms with Gasteiger partial charge in [-0.1, -0.05) is 9.97 Å². The fourth-order valence-corrected chi connectivity index (χ4v) is 7.47. The predicted octanol–water partition coefficient (Wildman–Crippen LogP) is -5.20. The first-order chi connectivity index (χ1) is 25.9. The van der Waals surface area contributed by atoms with Gasteiger partial charge in [0.05, 0.1) is 53.7 Å². The van der Waals surface area contributed by atoms with Crippen molar-refractivity contribution in [1.82, 2.24) is 29.1 Å². The second kappa shape index (κ2) is 16.0. The minimum absolute atomic E-state index is 0.0495. The molecule has 0 saturated carbocycles. The van der Waals surface area contributed by atoms with E-state index >= 15 is 0 Å². The van der Waals surface area contributed by atoms with Gasteiger partial charge in [0.15, 0.2) is 12.7 Å². The number of hydrogen-bond acceptors (Lipinski definition) is 19. The van der Waals surface area contributed by atoms with Gasteiger partial charge in [0.1, 0.15) is 36.6 Å². The van der Waals surface area contributed by atoms with Gasteiger partial charge < -0.3 is 55.9 Å². The number of nitrogens with one attached hydrogen (secondary N) is 2. The van der Waals surface area contributed by atoms with Crippen LogP contribution in [0.1, 0.15) is 12.5 Å². The van der Waals surface area contributed by atoms with E-state index in [-0.39, 0.29) is 47.4 Å². The van der Waals surface area contributed by atoms with Crippen LogP contribution in [0.4, 0.5) is 11.9 Å². The topological polar surface area (TPSA) is 381 Å². The quantitative estimate of drug-likeness (QED) is 0.0287. The maximum absolute atomic E-state index is 12.4. The summed E-state index contributed by atoms with van der Waals surface area (Å²) < 4.78 is 66.2. The SMILES string of the molecule is Cn1c[n+]([C@@H]2O[C@H](COP(=O)(O)OCCOCCOP(=O)(O)OC[C@@H]3O[C@H]([n+]4cn(C)c5c(=O)[nH]c(N)nc54)C(O)[C@@H]3O)C(O)[C@@H]2O)c2nc(N)[nH]c(=O)c21. The molecule has 0 amide bonds. The van der Waals surface area contributed by atoms with E-state index in [9.17, 15) is 48.9 Å². The number of fused-ring (bicyclic) bond motifs is 2.